The highest BCUT2D eigenvalue weighted by atomic mass is 32.2. The topological polar surface area (TPSA) is 29.1 Å². The molecule has 4 heteroatoms. The Morgan fingerprint density at radius 3 is 2.08 bits per heavy atom. The van der Waals surface area contributed by atoms with Gasteiger partial charge in [0.25, 0.3) is 0 Å². The number of hydrogen-bond acceptors (Lipinski definition) is 3. The van der Waals surface area contributed by atoms with Gasteiger partial charge >= 0.3 is 0 Å². The molecule has 3 rings (SSSR count). The van der Waals surface area contributed by atoms with Gasteiger partial charge < -0.3 is 5.32 Å². The number of thioether (sulfide) groups is 1. The summed E-state index contributed by atoms with van der Waals surface area (Å²) in [6.45, 7) is 2.03. The van der Waals surface area contributed by atoms with E-state index in [2.05, 4.69) is 35.6 Å². The van der Waals surface area contributed by atoms with Crippen molar-refractivity contribution in [3.05, 3.63) is 94.2 Å². The molecule has 0 unspecified atom stereocenters. The second kappa shape index (κ2) is 8.88. The van der Waals surface area contributed by atoms with Crippen molar-refractivity contribution in [1.82, 2.24) is 5.32 Å². The smallest absolute Gasteiger partial charge is 0.230 e. The lowest BCUT2D eigenvalue weighted by molar-refractivity contribution is -0.119. The monoisotopic (exact) mass is 367 g/mol. The van der Waals surface area contributed by atoms with Gasteiger partial charge in [-0.2, -0.15) is 0 Å². The Balaban J connectivity index is 1.66. The number of nitrogens with one attached hydrogen (secondary N) is 1. The Bertz CT molecular complexity index is 733. The summed E-state index contributed by atoms with van der Waals surface area (Å²) in [4.78, 5) is 13.6. The van der Waals surface area contributed by atoms with Crippen LogP contribution in [0.3, 0.4) is 0 Å². The number of hydrogen-bond donors (Lipinski definition) is 1. The van der Waals surface area contributed by atoms with E-state index in [1.54, 1.807) is 23.1 Å². The fourth-order valence-electron chi connectivity index (χ4n) is 2.69. The highest BCUT2D eigenvalue weighted by Crippen LogP contribution is 2.35. The van der Waals surface area contributed by atoms with Crippen LogP contribution in [0.2, 0.25) is 0 Å². The third-order valence-corrected chi connectivity index (χ3v) is 6.29. The average molecular weight is 368 g/mol. The van der Waals surface area contributed by atoms with Crippen LogP contribution in [0.4, 0.5) is 0 Å². The third-order valence-electron chi connectivity index (χ3n) is 3.93. The van der Waals surface area contributed by atoms with E-state index >= 15 is 0 Å². The number of rotatable bonds is 7. The van der Waals surface area contributed by atoms with E-state index in [0.717, 1.165) is 0 Å². The molecule has 1 N–H and O–H groups in total. The fraction of sp³-hybridized carbons (Fsp3) is 0.190. The van der Waals surface area contributed by atoms with Crippen molar-refractivity contribution in [1.29, 1.82) is 0 Å². The molecule has 0 aliphatic rings. The molecule has 0 saturated heterocycles. The van der Waals surface area contributed by atoms with E-state index in [1.807, 2.05) is 54.8 Å². The predicted octanol–water partition coefficient (Wildman–Crippen LogP) is 5.45. The van der Waals surface area contributed by atoms with Gasteiger partial charge in [0.1, 0.15) is 0 Å². The Kier molecular flexibility index (Phi) is 6.31. The highest BCUT2D eigenvalue weighted by Gasteiger charge is 2.17. The number of thiophene rings is 1. The Morgan fingerprint density at radius 1 is 0.960 bits per heavy atom. The van der Waals surface area contributed by atoms with E-state index in [9.17, 15) is 4.79 Å². The van der Waals surface area contributed by atoms with Gasteiger partial charge in [-0.05, 0) is 29.5 Å². The molecule has 1 aromatic heterocycles. The third kappa shape index (κ3) is 4.97. The van der Waals surface area contributed by atoms with Crippen molar-refractivity contribution in [2.45, 2.75) is 18.2 Å². The number of carbonyl (C=O) groups excluding carboxylic acids is 1. The molecule has 2 nitrogen and oxygen atoms in total. The molecule has 1 heterocycles. The van der Waals surface area contributed by atoms with Gasteiger partial charge in [-0.25, -0.2) is 0 Å². The van der Waals surface area contributed by atoms with Gasteiger partial charge in [0.05, 0.1) is 17.0 Å². The normalized spacial score (nSPS) is 12.1. The summed E-state index contributed by atoms with van der Waals surface area (Å²) in [7, 11) is 0. The highest BCUT2D eigenvalue weighted by molar-refractivity contribution is 8.00. The Morgan fingerprint density at radius 2 is 1.56 bits per heavy atom. The molecule has 1 amide bonds. The Hall–Kier alpha value is -2.04. The molecule has 1 atom stereocenters. The van der Waals surface area contributed by atoms with Gasteiger partial charge in [-0.15, -0.1) is 23.1 Å². The van der Waals surface area contributed by atoms with Crippen molar-refractivity contribution in [3.63, 3.8) is 0 Å². The zero-order valence-corrected chi connectivity index (χ0v) is 15.7. The van der Waals surface area contributed by atoms with Crippen LogP contribution in [0.15, 0.2) is 78.2 Å². The molecule has 25 heavy (non-hydrogen) atoms. The summed E-state index contributed by atoms with van der Waals surface area (Å²) in [5.74, 6) is 0.507. The van der Waals surface area contributed by atoms with Crippen LogP contribution < -0.4 is 5.32 Å². The zero-order chi connectivity index (χ0) is 17.5. The van der Waals surface area contributed by atoms with Gasteiger partial charge in [0.2, 0.25) is 5.91 Å². The molecule has 0 fully saturated rings. The molecule has 3 aromatic rings. The van der Waals surface area contributed by atoms with Crippen LogP contribution in [-0.4, -0.2) is 11.7 Å². The van der Waals surface area contributed by atoms with Gasteiger partial charge in [0.15, 0.2) is 0 Å². The summed E-state index contributed by atoms with van der Waals surface area (Å²) in [6, 6.07) is 24.8. The quantitative estimate of drug-likeness (QED) is 0.602. The first kappa shape index (κ1) is 17.8. The summed E-state index contributed by atoms with van der Waals surface area (Å²) >= 11 is 3.34. The van der Waals surface area contributed by atoms with Crippen molar-refractivity contribution in [2.75, 3.05) is 5.75 Å². The van der Waals surface area contributed by atoms with Crippen molar-refractivity contribution in [2.24, 2.45) is 0 Å². The molecular formula is C21H21NOS2. The first-order valence-electron chi connectivity index (χ1n) is 8.28. The van der Waals surface area contributed by atoms with Crippen LogP contribution in [-0.2, 0) is 4.79 Å². The molecular weight excluding hydrogens is 346 g/mol. The Labute approximate surface area is 157 Å². The van der Waals surface area contributed by atoms with Crippen LogP contribution in [0, 0.1) is 0 Å². The second-order valence-corrected chi connectivity index (χ2v) is 7.89. The minimum atomic E-state index is 0.0556. The largest absolute Gasteiger partial charge is 0.348 e. The molecule has 0 aliphatic heterocycles. The van der Waals surface area contributed by atoms with Gasteiger partial charge in [-0.1, -0.05) is 66.7 Å². The summed E-state index contributed by atoms with van der Waals surface area (Å²) < 4.78 is 0. The van der Waals surface area contributed by atoms with Crippen LogP contribution in [0.5, 0.6) is 0 Å². The van der Waals surface area contributed by atoms with Gasteiger partial charge in [0, 0.05) is 4.88 Å². The lowest BCUT2D eigenvalue weighted by Gasteiger charge is -2.18. The first-order valence-corrected chi connectivity index (χ1v) is 10.2. The van der Waals surface area contributed by atoms with E-state index < -0.39 is 0 Å². The maximum absolute atomic E-state index is 12.4. The van der Waals surface area contributed by atoms with Crippen LogP contribution in [0.25, 0.3) is 0 Å². The molecule has 0 bridgehead atoms. The zero-order valence-electron chi connectivity index (χ0n) is 14.1. The van der Waals surface area contributed by atoms with E-state index in [1.165, 1.54) is 16.0 Å². The minimum absolute atomic E-state index is 0.0556. The molecule has 0 spiro atoms. The van der Waals surface area contributed by atoms with E-state index in [4.69, 9.17) is 0 Å². The predicted molar refractivity (Wildman–Crippen MR) is 108 cm³/mol. The fourth-order valence-corrected chi connectivity index (χ4v) is 4.53. The van der Waals surface area contributed by atoms with E-state index in [0.29, 0.717) is 5.75 Å². The summed E-state index contributed by atoms with van der Waals surface area (Å²) in [5, 5.41) is 5.28. The molecule has 2 aromatic carbocycles. The summed E-state index contributed by atoms with van der Waals surface area (Å²) in [5.41, 5.74) is 2.44. The number of carbonyl (C=O) groups is 1. The maximum atomic E-state index is 12.4. The lowest BCUT2D eigenvalue weighted by atomic mass is 10.0. The van der Waals surface area contributed by atoms with Crippen LogP contribution >= 0.6 is 23.1 Å². The van der Waals surface area contributed by atoms with Crippen molar-refractivity contribution < 1.29 is 4.79 Å². The second-order valence-electron chi connectivity index (χ2n) is 5.82. The molecule has 0 aliphatic carbocycles. The van der Waals surface area contributed by atoms with Gasteiger partial charge in [-0.3, -0.25) is 4.79 Å². The summed E-state index contributed by atoms with van der Waals surface area (Å²) in [6.07, 6.45) is 0. The van der Waals surface area contributed by atoms with Crippen molar-refractivity contribution >= 4 is 29.0 Å². The van der Waals surface area contributed by atoms with Crippen molar-refractivity contribution in [3.8, 4) is 0 Å². The molecule has 128 valence electrons. The number of benzene rings is 2. The maximum Gasteiger partial charge on any atom is 0.230 e. The minimum Gasteiger partial charge on any atom is -0.348 e. The standard InChI is InChI=1S/C21H21NOS2/c1-16(19-13-8-14-24-19)22-20(23)15-25-21(17-9-4-2-5-10-17)18-11-6-3-7-12-18/h2-14,16,21H,15H2,1H3,(H,22,23)/t16-/m1/s1. The van der Waals surface area contributed by atoms with E-state index in [-0.39, 0.29) is 17.2 Å². The SMILES string of the molecule is C[C@@H](NC(=O)CSC(c1ccccc1)c1ccccc1)c1cccs1. The number of amides is 1. The average Bonchev–Trinajstić information content (AvgIpc) is 3.18. The molecule has 0 radical (unpaired) electrons. The lowest BCUT2D eigenvalue weighted by Crippen LogP contribution is -2.28. The van der Waals surface area contributed by atoms with Crippen LogP contribution in [0.1, 0.15) is 34.2 Å². The first-order chi connectivity index (χ1) is 12.2. The molecule has 0 saturated carbocycles.